The number of ketones is 1. The van der Waals surface area contributed by atoms with Crippen LogP contribution in [0.25, 0.3) is 0 Å². The first-order chi connectivity index (χ1) is 16.7. The van der Waals surface area contributed by atoms with E-state index in [9.17, 15) is 18.9 Å². The van der Waals surface area contributed by atoms with Gasteiger partial charge in [-0.25, -0.2) is 0 Å². The molecular weight excluding hydrogens is 463 g/mol. The van der Waals surface area contributed by atoms with Gasteiger partial charge in [-0.05, 0) is 37.5 Å². The van der Waals surface area contributed by atoms with Crippen LogP contribution in [0.5, 0.6) is 0 Å². The van der Waals surface area contributed by atoms with Crippen LogP contribution in [0.3, 0.4) is 0 Å². The molecule has 1 unspecified atom stereocenters. The maximum atomic E-state index is 14.6. The smallest absolute Gasteiger partial charge is 0.308 e. The number of carbonyl (C=O) groups is 3. The summed E-state index contributed by atoms with van der Waals surface area (Å²) in [6.07, 6.45) is -1.32. The van der Waals surface area contributed by atoms with E-state index in [0.717, 1.165) is 0 Å². The predicted octanol–water partition coefficient (Wildman–Crippen LogP) is 4.53. The first-order valence-electron chi connectivity index (χ1n) is 11.2. The molecule has 0 N–H and O–H groups in total. The second-order valence-electron chi connectivity index (χ2n) is 8.34. The van der Waals surface area contributed by atoms with Crippen LogP contribution in [-0.4, -0.2) is 37.6 Å². The highest BCUT2D eigenvalue weighted by Crippen LogP contribution is 2.48. The molecule has 0 spiro atoms. The second-order valence-corrected chi connectivity index (χ2v) is 11.0. The van der Waals surface area contributed by atoms with Crippen LogP contribution in [0.2, 0.25) is 0 Å². The molecule has 0 aliphatic rings. The van der Waals surface area contributed by atoms with E-state index >= 15 is 0 Å². The topological polar surface area (TPSA) is 86.7 Å². The van der Waals surface area contributed by atoms with Gasteiger partial charge in [0.15, 0.2) is 5.78 Å². The highest BCUT2D eigenvalue weighted by Gasteiger charge is 2.39. The van der Waals surface area contributed by atoms with E-state index in [0.29, 0.717) is 27.3 Å². The summed E-state index contributed by atoms with van der Waals surface area (Å²) >= 11 is 0. The average molecular weight is 493 g/mol. The summed E-state index contributed by atoms with van der Waals surface area (Å²) in [4.78, 5) is 39.4. The van der Waals surface area contributed by atoms with Crippen molar-refractivity contribution in [1.82, 2.24) is 0 Å². The van der Waals surface area contributed by atoms with Crippen molar-refractivity contribution < 1.29 is 28.4 Å². The molecule has 6 nitrogen and oxygen atoms in total. The average Bonchev–Trinajstić information content (AvgIpc) is 2.87. The number of hydrogen-bond acceptors (Lipinski definition) is 6. The van der Waals surface area contributed by atoms with Crippen molar-refractivity contribution in [3.05, 3.63) is 94.5 Å². The highest BCUT2D eigenvalue weighted by atomic mass is 31.2. The van der Waals surface area contributed by atoms with Crippen molar-refractivity contribution in [2.75, 3.05) is 14.2 Å². The molecule has 3 aromatic rings. The molecule has 182 valence electrons. The summed E-state index contributed by atoms with van der Waals surface area (Å²) < 4.78 is 24.6. The largest absolute Gasteiger partial charge is 0.469 e. The van der Waals surface area contributed by atoms with Gasteiger partial charge < -0.3 is 14.0 Å². The van der Waals surface area contributed by atoms with Crippen LogP contribution in [0, 0.1) is 20.8 Å². The highest BCUT2D eigenvalue weighted by molar-refractivity contribution is 7.93. The molecule has 0 amide bonds. The number of carbonyl (C=O) groups excluding carboxylic acids is 3. The Labute approximate surface area is 205 Å². The molecule has 0 fully saturated rings. The Kier molecular flexibility index (Phi) is 8.21. The van der Waals surface area contributed by atoms with Crippen molar-refractivity contribution in [3.8, 4) is 0 Å². The SMILES string of the molecule is COC(=O)CC(OC)C(=O)c1c(C)cc(C)c(C(=O)P(=O)(c2ccccc2)c2ccccc2)c1C. The zero-order chi connectivity index (χ0) is 25.8. The third kappa shape index (κ3) is 5.04. The van der Waals surface area contributed by atoms with Crippen LogP contribution in [0.4, 0.5) is 0 Å². The summed E-state index contributed by atoms with van der Waals surface area (Å²) in [5.41, 5.74) is 1.65. The van der Waals surface area contributed by atoms with Gasteiger partial charge in [0.1, 0.15) is 6.10 Å². The van der Waals surface area contributed by atoms with Crippen LogP contribution < -0.4 is 10.6 Å². The quantitative estimate of drug-likeness (QED) is 0.248. The zero-order valence-electron chi connectivity index (χ0n) is 20.5. The lowest BCUT2D eigenvalue weighted by atomic mass is 9.89. The fourth-order valence-corrected chi connectivity index (χ4v) is 7.00. The fraction of sp³-hybridized carbons (Fsp3) is 0.250. The van der Waals surface area contributed by atoms with E-state index in [4.69, 9.17) is 9.47 Å². The van der Waals surface area contributed by atoms with Gasteiger partial charge in [-0.15, -0.1) is 0 Å². The van der Waals surface area contributed by atoms with E-state index in [1.54, 1.807) is 87.5 Å². The summed E-state index contributed by atoms with van der Waals surface area (Å²) in [6, 6.07) is 19.1. The zero-order valence-corrected chi connectivity index (χ0v) is 21.4. The molecule has 0 radical (unpaired) electrons. The van der Waals surface area contributed by atoms with Gasteiger partial charge in [-0.2, -0.15) is 0 Å². The summed E-state index contributed by atoms with van der Waals surface area (Å²) in [7, 11) is -1.19. The minimum absolute atomic E-state index is 0.239. The number of ether oxygens (including phenoxy) is 2. The minimum Gasteiger partial charge on any atom is -0.469 e. The number of benzene rings is 3. The third-order valence-electron chi connectivity index (χ3n) is 6.11. The Bertz CT molecular complexity index is 1250. The molecular formula is C28H29O6P. The Hall–Kier alpha value is -3.34. The van der Waals surface area contributed by atoms with Gasteiger partial charge in [0.2, 0.25) is 12.7 Å². The molecule has 0 aromatic heterocycles. The molecule has 3 aromatic carbocycles. The lowest BCUT2D eigenvalue weighted by molar-refractivity contribution is -0.142. The van der Waals surface area contributed by atoms with Crippen LogP contribution in [-0.2, 0) is 18.8 Å². The number of aryl methyl sites for hydroxylation is 2. The summed E-state index contributed by atoms with van der Waals surface area (Å²) in [5, 5.41) is 0.841. The minimum atomic E-state index is -3.77. The maximum absolute atomic E-state index is 14.6. The maximum Gasteiger partial charge on any atom is 0.308 e. The number of esters is 1. The van der Waals surface area contributed by atoms with E-state index in [1.165, 1.54) is 14.2 Å². The van der Waals surface area contributed by atoms with Gasteiger partial charge in [-0.3, -0.25) is 14.4 Å². The summed E-state index contributed by atoms with van der Waals surface area (Å²) in [6.45, 7) is 5.20. The number of Topliss-reactive ketones (excluding diaryl/α,β-unsaturated/α-hetero) is 1. The van der Waals surface area contributed by atoms with Crippen LogP contribution in [0.15, 0.2) is 66.7 Å². The Morgan fingerprint density at radius 3 is 1.74 bits per heavy atom. The lowest BCUT2D eigenvalue weighted by Crippen LogP contribution is -2.29. The van der Waals surface area contributed by atoms with Crippen LogP contribution >= 0.6 is 7.14 Å². The van der Waals surface area contributed by atoms with Gasteiger partial charge in [0.05, 0.1) is 13.5 Å². The van der Waals surface area contributed by atoms with Crippen LogP contribution in [0.1, 0.15) is 43.8 Å². The van der Waals surface area contributed by atoms with E-state index in [-0.39, 0.29) is 17.5 Å². The molecule has 0 bridgehead atoms. The Balaban J connectivity index is 2.22. The molecule has 0 saturated carbocycles. The standard InChI is InChI=1S/C28H29O6P/c1-18-16-19(2)26(20(3)25(18)27(30)23(33-4)17-24(29)34-5)28(31)35(32,21-12-8-6-9-13-21)22-14-10-7-11-15-22/h6-16,23H,17H2,1-5H3. The Morgan fingerprint density at radius 2 is 1.29 bits per heavy atom. The van der Waals surface area contributed by atoms with Crippen molar-refractivity contribution in [2.24, 2.45) is 0 Å². The lowest BCUT2D eigenvalue weighted by Gasteiger charge is -2.23. The molecule has 0 aliphatic carbocycles. The molecule has 7 heteroatoms. The molecule has 3 rings (SSSR count). The normalized spacial score (nSPS) is 12.1. The molecule has 0 aliphatic heterocycles. The number of methoxy groups -OCH3 is 2. The fourth-order valence-electron chi connectivity index (χ4n) is 4.39. The first-order valence-corrected chi connectivity index (χ1v) is 12.9. The van der Waals surface area contributed by atoms with Crippen molar-refractivity contribution in [3.63, 3.8) is 0 Å². The molecule has 0 saturated heterocycles. The third-order valence-corrected chi connectivity index (χ3v) is 8.96. The monoisotopic (exact) mass is 492 g/mol. The summed E-state index contributed by atoms with van der Waals surface area (Å²) in [5.74, 6) is -1.02. The predicted molar refractivity (Wildman–Crippen MR) is 137 cm³/mol. The number of hydrogen-bond donors (Lipinski definition) is 0. The van der Waals surface area contributed by atoms with Crippen molar-refractivity contribution in [1.29, 1.82) is 0 Å². The van der Waals surface area contributed by atoms with E-state index in [1.807, 2.05) is 0 Å². The molecule has 35 heavy (non-hydrogen) atoms. The van der Waals surface area contributed by atoms with E-state index < -0.39 is 30.5 Å². The molecule has 1 atom stereocenters. The van der Waals surface area contributed by atoms with Gasteiger partial charge >= 0.3 is 5.97 Å². The van der Waals surface area contributed by atoms with Crippen molar-refractivity contribution in [2.45, 2.75) is 33.3 Å². The van der Waals surface area contributed by atoms with Gasteiger partial charge in [0, 0.05) is 28.8 Å². The first kappa shape index (κ1) is 26.3. The van der Waals surface area contributed by atoms with Gasteiger partial charge in [0.25, 0.3) is 0 Å². The van der Waals surface area contributed by atoms with Crippen molar-refractivity contribution >= 4 is 35.0 Å². The molecule has 0 heterocycles. The van der Waals surface area contributed by atoms with E-state index in [2.05, 4.69) is 0 Å². The van der Waals surface area contributed by atoms with Gasteiger partial charge in [-0.1, -0.05) is 66.7 Å². The second kappa shape index (κ2) is 10.9. The Morgan fingerprint density at radius 1 is 0.800 bits per heavy atom. The number of rotatable bonds is 9.